The Morgan fingerprint density at radius 2 is 2.15 bits per heavy atom. The Kier molecular flexibility index (Phi) is 4.37. The number of nitrogens with zero attached hydrogens (tertiary/aromatic N) is 2. The van der Waals surface area contributed by atoms with Crippen molar-refractivity contribution in [3.8, 4) is 0 Å². The molecule has 1 N–H and O–H groups in total. The van der Waals surface area contributed by atoms with Crippen molar-refractivity contribution in [2.45, 2.75) is 39.8 Å². The Bertz CT molecular complexity index is 514. The summed E-state index contributed by atoms with van der Waals surface area (Å²) in [5, 5.41) is 2.81. The molecule has 1 aromatic heterocycles. The van der Waals surface area contributed by atoms with Gasteiger partial charge in [-0.05, 0) is 24.0 Å². The van der Waals surface area contributed by atoms with Crippen LogP contribution in [0.25, 0.3) is 0 Å². The summed E-state index contributed by atoms with van der Waals surface area (Å²) in [4.78, 5) is 30.1. The summed E-state index contributed by atoms with van der Waals surface area (Å²) < 4.78 is 0. The molecule has 1 aliphatic heterocycles. The average Bonchev–Trinajstić information content (AvgIpc) is 2.52. The first-order chi connectivity index (χ1) is 9.47. The number of hydrogen-bond donors (Lipinski definition) is 1. The lowest BCUT2D eigenvalue weighted by molar-refractivity contribution is -0.135. The first kappa shape index (κ1) is 14.5. The van der Waals surface area contributed by atoms with E-state index in [1.165, 1.54) is 0 Å². The third kappa shape index (κ3) is 3.35. The van der Waals surface area contributed by atoms with Crippen molar-refractivity contribution in [3.05, 3.63) is 29.6 Å². The van der Waals surface area contributed by atoms with E-state index in [-0.39, 0.29) is 17.7 Å². The van der Waals surface area contributed by atoms with E-state index in [1.807, 2.05) is 26.8 Å². The number of nitrogens with one attached hydrogen (secondary N) is 1. The van der Waals surface area contributed by atoms with Gasteiger partial charge in [-0.1, -0.05) is 19.9 Å². The molecule has 0 aromatic carbocycles. The van der Waals surface area contributed by atoms with Gasteiger partial charge in [0, 0.05) is 31.9 Å². The lowest BCUT2D eigenvalue weighted by Crippen LogP contribution is -2.47. The van der Waals surface area contributed by atoms with Crippen LogP contribution in [0.15, 0.2) is 18.5 Å². The van der Waals surface area contributed by atoms with Gasteiger partial charge in [-0.25, -0.2) is 0 Å². The highest BCUT2D eigenvalue weighted by atomic mass is 16.2. The molecule has 0 radical (unpaired) electrons. The Morgan fingerprint density at radius 1 is 1.40 bits per heavy atom. The number of carbonyl (C=O) groups excluding carboxylic acids is 2. The van der Waals surface area contributed by atoms with E-state index in [4.69, 9.17) is 0 Å². The van der Waals surface area contributed by atoms with Gasteiger partial charge in [0.25, 0.3) is 0 Å². The van der Waals surface area contributed by atoms with Crippen LogP contribution in [-0.4, -0.2) is 34.3 Å². The second-order valence-corrected chi connectivity index (χ2v) is 5.67. The maximum Gasteiger partial charge on any atom is 0.245 e. The summed E-state index contributed by atoms with van der Waals surface area (Å²) in [5.74, 6) is 0.0250. The molecule has 1 aromatic rings. The SMILES string of the molecule is Cc1cncc(CN2CCC(=O)NC(C(C)C)C2=O)c1. The van der Waals surface area contributed by atoms with Gasteiger partial charge in [0.15, 0.2) is 0 Å². The molecule has 1 atom stereocenters. The Morgan fingerprint density at radius 3 is 2.80 bits per heavy atom. The highest BCUT2D eigenvalue weighted by Gasteiger charge is 2.31. The average molecular weight is 275 g/mol. The number of pyridine rings is 1. The van der Waals surface area contributed by atoms with E-state index in [2.05, 4.69) is 10.3 Å². The molecule has 0 bridgehead atoms. The van der Waals surface area contributed by atoms with Crippen LogP contribution in [-0.2, 0) is 16.1 Å². The van der Waals surface area contributed by atoms with Crippen molar-refractivity contribution in [2.24, 2.45) is 5.92 Å². The van der Waals surface area contributed by atoms with Crippen molar-refractivity contribution < 1.29 is 9.59 Å². The zero-order valence-corrected chi connectivity index (χ0v) is 12.2. The minimum atomic E-state index is -0.428. The lowest BCUT2D eigenvalue weighted by atomic mass is 10.0. The third-order valence-corrected chi connectivity index (χ3v) is 3.47. The summed E-state index contributed by atoms with van der Waals surface area (Å²) >= 11 is 0. The van der Waals surface area contributed by atoms with Crippen molar-refractivity contribution in [2.75, 3.05) is 6.54 Å². The van der Waals surface area contributed by atoms with Crippen LogP contribution < -0.4 is 5.32 Å². The van der Waals surface area contributed by atoms with Crippen molar-refractivity contribution in [1.29, 1.82) is 0 Å². The van der Waals surface area contributed by atoms with Gasteiger partial charge in [-0.15, -0.1) is 0 Å². The molecule has 1 saturated heterocycles. The first-order valence-electron chi connectivity index (χ1n) is 6.96. The van der Waals surface area contributed by atoms with Gasteiger partial charge in [0.05, 0.1) is 0 Å². The molecule has 5 heteroatoms. The second-order valence-electron chi connectivity index (χ2n) is 5.67. The summed E-state index contributed by atoms with van der Waals surface area (Å²) in [6.07, 6.45) is 3.91. The smallest absolute Gasteiger partial charge is 0.245 e. The molecule has 5 nitrogen and oxygen atoms in total. The molecule has 0 saturated carbocycles. The molecular weight excluding hydrogens is 254 g/mol. The number of hydrogen-bond acceptors (Lipinski definition) is 3. The van der Waals surface area contributed by atoms with Gasteiger partial charge in [0.2, 0.25) is 11.8 Å². The summed E-state index contributed by atoms with van der Waals surface area (Å²) in [6.45, 7) is 6.83. The second kappa shape index (κ2) is 6.03. The molecule has 2 heterocycles. The van der Waals surface area contributed by atoms with Crippen molar-refractivity contribution in [1.82, 2.24) is 15.2 Å². The van der Waals surface area contributed by atoms with E-state index in [1.54, 1.807) is 17.3 Å². The highest BCUT2D eigenvalue weighted by Crippen LogP contribution is 2.14. The number of amides is 2. The summed E-state index contributed by atoms with van der Waals surface area (Å²) in [5.41, 5.74) is 2.06. The molecule has 1 unspecified atom stereocenters. The van der Waals surface area contributed by atoms with Gasteiger partial charge in [0.1, 0.15) is 6.04 Å². The quantitative estimate of drug-likeness (QED) is 0.903. The monoisotopic (exact) mass is 275 g/mol. The fourth-order valence-corrected chi connectivity index (χ4v) is 2.38. The first-order valence-corrected chi connectivity index (χ1v) is 6.96. The van der Waals surface area contributed by atoms with Crippen LogP contribution in [0.2, 0.25) is 0 Å². The van der Waals surface area contributed by atoms with Gasteiger partial charge in [-0.2, -0.15) is 0 Å². The molecule has 2 amide bonds. The topological polar surface area (TPSA) is 62.3 Å². The van der Waals surface area contributed by atoms with E-state index in [0.29, 0.717) is 19.5 Å². The highest BCUT2D eigenvalue weighted by molar-refractivity contribution is 5.90. The maximum absolute atomic E-state index is 12.5. The van der Waals surface area contributed by atoms with Crippen LogP contribution in [0.4, 0.5) is 0 Å². The van der Waals surface area contributed by atoms with Crippen molar-refractivity contribution in [3.63, 3.8) is 0 Å². The third-order valence-electron chi connectivity index (χ3n) is 3.47. The fraction of sp³-hybridized carbons (Fsp3) is 0.533. The van der Waals surface area contributed by atoms with E-state index < -0.39 is 6.04 Å². The zero-order chi connectivity index (χ0) is 14.7. The summed E-state index contributed by atoms with van der Waals surface area (Å²) in [6, 6.07) is 1.59. The Hall–Kier alpha value is -1.91. The summed E-state index contributed by atoms with van der Waals surface area (Å²) in [7, 11) is 0. The Balaban J connectivity index is 2.17. The zero-order valence-electron chi connectivity index (χ0n) is 12.2. The molecule has 20 heavy (non-hydrogen) atoms. The van der Waals surface area contributed by atoms with Crippen LogP contribution >= 0.6 is 0 Å². The van der Waals surface area contributed by atoms with Gasteiger partial charge >= 0.3 is 0 Å². The molecule has 0 aliphatic carbocycles. The minimum absolute atomic E-state index is 0.00708. The largest absolute Gasteiger partial charge is 0.344 e. The number of rotatable bonds is 3. The Labute approximate surface area is 119 Å². The maximum atomic E-state index is 12.5. The van der Waals surface area contributed by atoms with E-state index in [0.717, 1.165) is 11.1 Å². The normalized spacial score (nSPS) is 20.0. The van der Waals surface area contributed by atoms with E-state index in [9.17, 15) is 9.59 Å². The van der Waals surface area contributed by atoms with Crippen LogP contribution in [0.1, 0.15) is 31.4 Å². The molecule has 2 rings (SSSR count). The van der Waals surface area contributed by atoms with Crippen LogP contribution in [0.3, 0.4) is 0 Å². The van der Waals surface area contributed by atoms with Crippen LogP contribution in [0, 0.1) is 12.8 Å². The lowest BCUT2D eigenvalue weighted by Gasteiger charge is -2.26. The predicted molar refractivity (Wildman–Crippen MR) is 75.8 cm³/mol. The fourth-order valence-electron chi connectivity index (χ4n) is 2.38. The minimum Gasteiger partial charge on any atom is -0.344 e. The number of aryl methyl sites for hydroxylation is 1. The van der Waals surface area contributed by atoms with E-state index >= 15 is 0 Å². The van der Waals surface area contributed by atoms with Crippen LogP contribution in [0.5, 0.6) is 0 Å². The predicted octanol–water partition coefficient (Wildman–Crippen LogP) is 1.26. The molecular formula is C15H21N3O2. The molecule has 108 valence electrons. The molecule has 1 aliphatic rings. The standard InChI is InChI=1S/C15H21N3O2/c1-10(2)14-15(20)18(5-4-13(19)17-14)9-12-6-11(3)7-16-8-12/h6-8,10,14H,4-5,9H2,1-3H3,(H,17,19). The van der Waals surface area contributed by atoms with Gasteiger partial charge < -0.3 is 10.2 Å². The molecule has 1 fully saturated rings. The number of aromatic nitrogens is 1. The van der Waals surface area contributed by atoms with Gasteiger partial charge in [-0.3, -0.25) is 14.6 Å². The number of carbonyl (C=O) groups is 2. The van der Waals surface area contributed by atoms with Crippen molar-refractivity contribution >= 4 is 11.8 Å². The molecule has 0 spiro atoms.